The molecule has 1 heterocycles. The van der Waals surface area contributed by atoms with Gasteiger partial charge in [-0.3, -0.25) is 0 Å². The average molecular weight is 308 g/mol. The first kappa shape index (κ1) is 16.5. The fourth-order valence-corrected chi connectivity index (χ4v) is 3.92. The zero-order chi connectivity index (χ0) is 14.6. The Kier molecular flexibility index (Phi) is 5.85. The van der Waals surface area contributed by atoms with E-state index in [1.807, 2.05) is 32.8 Å². The van der Waals surface area contributed by atoms with E-state index in [1.54, 1.807) is 6.07 Å². The number of halogens is 1. The zero-order valence-electron chi connectivity index (χ0n) is 11.9. The van der Waals surface area contributed by atoms with Crippen LogP contribution in [0.2, 0.25) is 0 Å². The summed E-state index contributed by atoms with van der Waals surface area (Å²) in [6.07, 6.45) is 1.50. The summed E-state index contributed by atoms with van der Waals surface area (Å²) in [5.41, 5.74) is 0.705. The number of likely N-dealkylation sites (N-methyl/N-ethyl adjacent to an activating group) is 2. The van der Waals surface area contributed by atoms with Crippen molar-refractivity contribution in [1.82, 2.24) is 14.2 Å². The first-order chi connectivity index (χ1) is 8.82. The molecular formula is C12H22ClN3O2S. The summed E-state index contributed by atoms with van der Waals surface area (Å²) < 4.78 is 26.6. The molecule has 0 fully saturated rings. The van der Waals surface area contributed by atoms with Crippen LogP contribution in [0.5, 0.6) is 0 Å². The number of sulfonamides is 1. The van der Waals surface area contributed by atoms with Crippen molar-refractivity contribution in [3.63, 3.8) is 0 Å². The smallest absolute Gasteiger partial charge is 0.244 e. The van der Waals surface area contributed by atoms with Gasteiger partial charge in [0.15, 0.2) is 0 Å². The molecule has 1 atom stereocenters. The lowest BCUT2D eigenvalue weighted by molar-refractivity contribution is 0.271. The number of hydrogen-bond donors (Lipinski definition) is 1. The maximum Gasteiger partial charge on any atom is 0.244 e. The lowest BCUT2D eigenvalue weighted by Crippen LogP contribution is -2.43. The van der Waals surface area contributed by atoms with Gasteiger partial charge in [0.05, 0.1) is 10.8 Å². The van der Waals surface area contributed by atoms with Gasteiger partial charge in [-0.05, 0) is 27.1 Å². The lowest BCUT2D eigenvalue weighted by atomic mass is 10.3. The molecule has 7 heteroatoms. The highest BCUT2D eigenvalue weighted by Crippen LogP contribution is 2.20. The first-order valence-corrected chi connectivity index (χ1v) is 8.20. The van der Waals surface area contributed by atoms with Crippen molar-refractivity contribution < 1.29 is 8.42 Å². The Morgan fingerprint density at radius 3 is 2.47 bits per heavy atom. The topological polar surface area (TPSA) is 56.4 Å². The van der Waals surface area contributed by atoms with Gasteiger partial charge >= 0.3 is 0 Å². The third-order valence-electron chi connectivity index (χ3n) is 2.90. The summed E-state index contributed by atoms with van der Waals surface area (Å²) in [5.74, 6) is 0.273. The number of nitrogens with one attached hydrogen (secondary N) is 1. The molecule has 19 heavy (non-hydrogen) atoms. The third kappa shape index (κ3) is 3.95. The van der Waals surface area contributed by atoms with Crippen molar-refractivity contribution in [1.29, 1.82) is 0 Å². The van der Waals surface area contributed by atoms with Crippen molar-refractivity contribution in [3.8, 4) is 0 Å². The minimum absolute atomic E-state index is 0.0839. The van der Waals surface area contributed by atoms with Crippen molar-refractivity contribution in [2.24, 2.45) is 0 Å². The number of rotatable bonds is 7. The Bertz CT molecular complexity index is 499. The summed E-state index contributed by atoms with van der Waals surface area (Å²) in [5, 5.41) is 0. The van der Waals surface area contributed by atoms with Crippen LogP contribution in [-0.4, -0.2) is 55.8 Å². The van der Waals surface area contributed by atoms with E-state index in [2.05, 4.69) is 4.98 Å². The molecular weight excluding hydrogens is 286 g/mol. The number of aromatic amines is 1. The minimum atomic E-state index is -3.47. The Morgan fingerprint density at radius 2 is 2.05 bits per heavy atom. The Labute approximate surface area is 120 Å². The molecule has 1 rings (SSSR count). The fraction of sp³-hybridized carbons (Fsp3) is 0.667. The number of H-pyrrole nitrogens is 1. The fourth-order valence-electron chi connectivity index (χ4n) is 2.12. The van der Waals surface area contributed by atoms with Gasteiger partial charge in [-0.1, -0.05) is 6.92 Å². The summed E-state index contributed by atoms with van der Waals surface area (Å²) in [6, 6.07) is 1.51. The van der Waals surface area contributed by atoms with Crippen LogP contribution in [0, 0.1) is 0 Å². The Hall–Kier alpha value is -0.560. The molecule has 0 saturated carbocycles. The molecule has 0 bridgehead atoms. The van der Waals surface area contributed by atoms with Gasteiger partial charge in [-0.2, -0.15) is 4.31 Å². The van der Waals surface area contributed by atoms with Gasteiger partial charge in [0.2, 0.25) is 10.0 Å². The summed E-state index contributed by atoms with van der Waals surface area (Å²) in [4.78, 5) is 5.12. The molecule has 0 radical (unpaired) electrons. The second kappa shape index (κ2) is 6.74. The van der Waals surface area contributed by atoms with Crippen LogP contribution >= 0.6 is 11.6 Å². The van der Waals surface area contributed by atoms with Crippen molar-refractivity contribution in [3.05, 3.63) is 18.0 Å². The maximum atomic E-state index is 12.6. The average Bonchev–Trinajstić information content (AvgIpc) is 2.77. The highest BCUT2D eigenvalue weighted by atomic mass is 35.5. The highest BCUT2D eigenvalue weighted by Gasteiger charge is 2.28. The van der Waals surface area contributed by atoms with Gasteiger partial charge in [-0.25, -0.2) is 8.42 Å². The first-order valence-electron chi connectivity index (χ1n) is 6.22. The van der Waals surface area contributed by atoms with E-state index >= 15 is 0 Å². The monoisotopic (exact) mass is 307 g/mol. The van der Waals surface area contributed by atoms with Crippen molar-refractivity contribution in [2.45, 2.75) is 30.7 Å². The highest BCUT2D eigenvalue weighted by molar-refractivity contribution is 7.89. The van der Waals surface area contributed by atoms with Gasteiger partial charge in [0, 0.05) is 31.0 Å². The second-order valence-electron chi connectivity index (χ2n) is 4.81. The van der Waals surface area contributed by atoms with Crippen LogP contribution in [0.15, 0.2) is 17.2 Å². The largest absolute Gasteiger partial charge is 0.363 e. The lowest BCUT2D eigenvalue weighted by Gasteiger charge is -2.28. The summed E-state index contributed by atoms with van der Waals surface area (Å²) in [6.45, 7) is 4.88. The molecule has 0 aliphatic rings. The normalized spacial score (nSPS) is 14.3. The van der Waals surface area contributed by atoms with E-state index in [0.29, 0.717) is 18.8 Å². The quantitative estimate of drug-likeness (QED) is 0.780. The zero-order valence-corrected chi connectivity index (χ0v) is 13.4. The molecule has 5 nitrogen and oxygen atoms in total. The van der Waals surface area contributed by atoms with Gasteiger partial charge < -0.3 is 9.88 Å². The van der Waals surface area contributed by atoms with Gasteiger partial charge in [0.1, 0.15) is 0 Å². The van der Waals surface area contributed by atoms with E-state index in [0.717, 1.165) is 0 Å². The SMILES string of the molecule is CCN(C(C)CN(C)C)S(=O)(=O)c1c[nH]c(CCl)c1. The third-order valence-corrected chi connectivity index (χ3v) is 5.25. The van der Waals surface area contributed by atoms with Gasteiger partial charge in [0.25, 0.3) is 0 Å². The van der Waals surface area contributed by atoms with Crippen molar-refractivity contribution in [2.75, 3.05) is 27.2 Å². The van der Waals surface area contributed by atoms with E-state index < -0.39 is 10.0 Å². The molecule has 0 aliphatic carbocycles. The van der Waals surface area contributed by atoms with Crippen LogP contribution in [0.3, 0.4) is 0 Å². The standard InChI is InChI=1S/C12H22ClN3O2S/c1-5-16(10(2)9-15(3)4)19(17,18)12-6-11(7-13)14-8-12/h6,8,10,14H,5,7,9H2,1-4H3. The van der Waals surface area contributed by atoms with Crippen molar-refractivity contribution >= 4 is 21.6 Å². The molecule has 1 aromatic heterocycles. The van der Waals surface area contributed by atoms with E-state index in [1.165, 1.54) is 10.5 Å². The number of hydrogen-bond acceptors (Lipinski definition) is 3. The van der Waals surface area contributed by atoms with Crippen LogP contribution in [0.25, 0.3) is 0 Å². The van der Waals surface area contributed by atoms with Crippen LogP contribution in [-0.2, 0) is 15.9 Å². The Balaban J connectivity index is 3.01. The van der Waals surface area contributed by atoms with E-state index in [4.69, 9.17) is 11.6 Å². The summed E-state index contributed by atoms with van der Waals surface area (Å²) in [7, 11) is 0.390. The molecule has 1 aromatic rings. The maximum absolute atomic E-state index is 12.6. The molecule has 0 aromatic carbocycles. The van der Waals surface area contributed by atoms with Crippen LogP contribution < -0.4 is 0 Å². The predicted octanol–water partition coefficient (Wildman–Crippen LogP) is 1.71. The van der Waals surface area contributed by atoms with Crippen LogP contribution in [0.4, 0.5) is 0 Å². The van der Waals surface area contributed by atoms with Gasteiger partial charge in [-0.15, -0.1) is 11.6 Å². The Morgan fingerprint density at radius 1 is 1.42 bits per heavy atom. The molecule has 0 saturated heterocycles. The minimum Gasteiger partial charge on any atom is -0.363 e. The predicted molar refractivity (Wildman–Crippen MR) is 77.9 cm³/mol. The molecule has 0 amide bonds. The van der Waals surface area contributed by atoms with E-state index in [-0.39, 0.29) is 16.8 Å². The number of aromatic nitrogens is 1. The molecule has 1 N–H and O–H groups in total. The van der Waals surface area contributed by atoms with E-state index in [9.17, 15) is 8.42 Å². The second-order valence-corrected chi connectivity index (χ2v) is 6.97. The number of alkyl halides is 1. The molecule has 1 unspecified atom stereocenters. The summed E-state index contributed by atoms with van der Waals surface area (Å²) >= 11 is 5.69. The molecule has 110 valence electrons. The molecule has 0 spiro atoms. The van der Waals surface area contributed by atoms with Crippen LogP contribution in [0.1, 0.15) is 19.5 Å². The molecule has 0 aliphatic heterocycles. The number of nitrogens with zero attached hydrogens (tertiary/aromatic N) is 2.